The summed E-state index contributed by atoms with van der Waals surface area (Å²) in [6.07, 6.45) is 1.25. The van der Waals surface area contributed by atoms with Crippen molar-refractivity contribution in [1.29, 1.82) is 0 Å². The second kappa shape index (κ2) is 5.46. The standard InChI is InChI=1S/C10H12Cl2N2O2/c1-3-4-6(9(15)16)7-5(2)13-10(12)14-8(7)11/h6H,3-4H2,1-2H3,(H,15,16). The van der Waals surface area contributed by atoms with Crippen LogP contribution < -0.4 is 0 Å². The average molecular weight is 263 g/mol. The summed E-state index contributed by atoms with van der Waals surface area (Å²) in [7, 11) is 0. The van der Waals surface area contributed by atoms with Crippen LogP contribution in [0.1, 0.15) is 36.9 Å². The number of carboxylic acid groups (broad SMARTS) is 1. The third-order valence-electron chi connectivity index (χ3n) is 2.29. The van der Waals surface area contributed by atoms with E-state index >= 15 is 0 Å². The zero-order chi connectivity index (χ0) is 12.3. The summed E-state index contributed by atoms with van der Waals surface area (Å²) < 4.78 is 0. The smallest absolute Gasteiger partial charge is 0.311 e. The summed E-state index contributed by atoms with van der Waals surface area (Å²) >= 11 is 11.5. The molecule has 1 rings (SSSR count). The lowest BCUT2D eigenvalue weighted by atomic mass is 9.95. The van der Waals surface area contributed by atoms with E-state index in [9.17, 15) is 4.79 Å². The molecule has 0 aromatic carbocycles. The fraction of sp³-hybridized carbons (Fsp3) is 0.500. The van der Waals surface area contributed by atoms with E-state index in [0.29, 0.717) is 17.7 Å². The molecule has 0 aliphatic rings. The normalized spacial score (nSPS) is 12.5. The molecule has 0 saturated carbocycles. The zero-order valence-corrected chi connectivity index (χ0v) is 10.5. The summed E-state index contributed by atoms with van der Waals surface area (Å²) in [6.45, 7) is 3.59. The fourth-order valence-electron chi connectivity index (χ4n) is 1.59. The summed E-state index contributed by atoms with van der Waals surface area (Å²) in [5.41, 5.74) is 0.978. The van der Waals surface area contributed by atoms with Gasteiger partial charge in [-0.25, -0.2) is 9.97 Å². The largest absolute Gasteiger partial charge is 0.481 e. The summed E-state index contributed by atoms with van der Waals surface area (Å²) in [5, 5.41) is 9.29. The number of aromatic nitrogens is 2. The first-order chi connectivity index (χ1) is 7.47. The molecule has 0 saturated heterocycles. The molecule has 4 nitrogen and oxygen atoms in total. The average Bonchev–Trinajstić information content (AvgIpc) is 2.14. The summed E-state index contributed by atoms with van der Waals surface area (Å²) in [5.74, 6) is -1.59. The Balaban J connectivity index is 3.23. The van der Waals surface area contributed by atoms with Crippen molar-refractivity contribution in [3.05, 3.63) is 21.7 Å². The molecule has 0 aliphatic carbocycles. The minimum atomic E-state index is -0.919. The van der Waals surface area contributed by atoms with Gasteiger partial charge in [-0.3, -0.25) is 4.79 Å². The molecule has 0 fully saturated rings. The molecule has 0 amide bonds. The Morgan fingerprint density at radius 2 is 2.06 bits per heavy atom. The molecule has 1 heterocycles. The number of aliphatic carboxylic acids is 1. The monoisotopic (exact) mass is 262 g/mol. The van der Waals surface area contributed by atoms with Crippen LogP contribution in [0.25, 0.3) is 0 Å². The number of hydrogen-bond donors (Lipinski definition) is 1. The minimum Gasteiger partial charge on any atom is -0.481 e. The van der Waals surface area contributed by atoms with Gasteiger partial charge < -0.3 is 5.11 Å². The summed E-state index contributed by atoms with van der Waals surface area (Å²) in [6, 6.07) is 0. The van der Waals surface area contributed by atoms with E-state index in [1.807, 2.05) is 6.92 Å². The van der Waals surface area contributed by atoms with Crippen LogP contribution in [0.5, 0.6) is 0 Å². The molecule has 1 atom stereocenters. The Hall–Kier alpha value is -0.870. The molecule has 0 bridgehead atoms. The maximum atomic E-state index is 11.1. The second-order valence-corrected chi connectivity index (χ2v) is 4.16. The third-order valence-corrected chi connectivity index (χ3v) is 2.74. The highest BCUT2D eigenvalue weighted by molar-refractivity contribution is 6.32. The van der Waals surface area contributed by atoms with Crippen LogP contribution in [0, 0.1) is 6.92 Å². The Labute approximate surface area is 104 Å². The van der Waals surface area contributed by atoms with E-state index in [4.69, 9.17) is 28.3 Å². The van der Waals surface area contributed by atoms with Crippen LogP contribution in [-0.2, 0) is 4.79 Å². The van der Waals surface area contributed by atoms with E-state index in [0.717, 1.165) is 6.42 Å². The van der Waals surface area contributed by atoms with Crippen molar-refractivity contribution in [2.24, 2.45) is 0 Å². The number of halogens is 2. The minimum absolute atomic E-state index is 0.0342. The Bertz CT molecular complexity index is 387. The molecule has 1 aromatic heterocycles. The molecular formula is C10H12Cl2N2O2. The van der Waals surface area contributed by atoms with E-state index in [1.165, 1.54) is 0 Å². The van der Waals surface area contributed by atoms with Gasteiger partial charge in [0.1, 0.15) is 5.15 Å². The highest BCUT2D eigenvalue weighted by Crippen LogP contribution is 2.30. The van der Waals surface area contributed by atoms with Crippen LogP contribution in [-0.4, -0.2) is 21.0 Å². The van der Waals surface area contributed by atoms with E-state index < -0.39 is 11.9 Å². The highest BCUT2D eigenvalue weighted by atomic mass is 35.5. The van der Waals surface area contributed by atoms with Crippen molar-refractivity contribution in [2.45, 2.75) is 32.6 Å². The van der Waals surface area contributed by atoms with Crippen LogP contribution in [0.2, 0.25) is 10.4 Å². The van der Waals surface area contributed by atoms with Gasteiger partial charge in [-0.05, 0) is 24.9 Å². The molecular weight excluding hydrogens is 251 g/mol. The van der Waals surface area contributed by atoms with Gasteiger partial charge in [0.15, 0.2) is 0 Å². The Kier molecular flexibility index (Phi) is 4.50. The van der Waals surface area contributed by atoms with E-state index in [1.54, 1.807) is 6.92 Å². The molecule has 1 aromatic rings. The number of nitrogens with zero attached hydrogens (tertiary/aromatic N) is 2. The lowest BCUT2D eigenvalue weighted by molar-refractivity contribution is -0.139. The number of carboxylic acids is 1. The molecule has 16 heavy (non-hydrogen) atoms. The van der Waals surface area contributed by atoms with Gasteiger partial charge in [0.2, 0.25) is 5.28 Å². The van der Waals surface area contributed by atoms with Gasteiger partial charge in [-0.1, -0.05) is 24.9 Å². The van der Waals surface area contributed by atoms with Crippen molar-refractivity contribution >= 4 is 29.2 Å². The molecule has 0 radical (unpaired) electrons. The topological polar surface area (TPSA) is 63.1 Å². The van der Waals surface area contributed by atoms with E-state index in [2.05, 4.69) is 9.97 Å². The first-order valence-corrected chi connectivity index (χ1v) is 5.65. The lowest BCUT2D eigenvalue weighted by Crippen LogP contribution is -2.15. The Morgan fingerprint density at radius 3 is 2.50 bits per heavy atom. The van der Waals surface area contributed by atoms with Gasteiger partial charge in [-0.15, -0.1) is 0 Å². The Morgan fingerprint density at radius 1 is 1.44 bits per heavy atom. The predicted molar refractivity (Wildman–Crippen MR) is 62.1 cm³/mol. The molecule has 1 N–H and O–H groups in total. The molecule has 88 valence electrons. The van der Waals surface area contributed by atoms with Crippen molar-refractivity contribution in [1.82, 2.24) is 9.97 Å². The number of carbonyl (C=O) groups is 1. The fourth-order valence-corrected chi connectivity index (χ4v) is 2.19. The van der Waals surface area contributed by atoms with Gasteiger partial charge >= 0.3 is 5.97 Å². The van der Waals surface area contributed by atoms with Crippen molar-refractivity contribution < 1.29 is 9.90 Å². The van der Waals surface area contributed by atoms with E-state index in [-0.39, 0.29) is 10.4 Å². The first kappa shape index (κ1) is 13.2. The summed E-state index contributed by atoms with van der Waals surface area (Å²) in [4.78, 5) is 18.8. The maximum Gasteiger partial charge on any atom is 0.311 e. The van der Waals surface area contributed by atoms with Crippen molar-refractivity contribution in [3.8, 4) is 0 Å². The molecule has 1 unspecified atom stereocenters. The highest BCUT2D eigenvalue weighted by Gasteiger charge is 2.25. The van der Waals surface area contributed by atoms with Gasteiger partial charge in [0.05, 0.1) is 5.92 Å². The number of hydrogen-bond acceptors (Lipinski definition) is 3. The van der Waals surface area contributed by atoms with Crippen LogP contribution in [0.4, 0.5) is 0 Å². The van der Waals surface area contributed by atoms with Gasteiger partial charge in [0, 0.05) is 11.3 Å². The predicted octanol–water partition coefficient (Wildman–Crippen LogP) is 3.06. The maximum absolute atomic E-state index is 11.1. The number of aryl methyl sites for hydroxylation is 1. The SMILES string of the molecule is CCCC(C(=O)O)c1c(C)nc(Cl)nc1Cl. The molecule has 0 spiro atoms. The first-order valence-electron chi connectivity index (χ1n) is 4.89. The number of rotatable bonds is 4. The molecule has 0 aliphatic heterocycles. The van der Waals surface area contributed by atoms with Crippen molar-refractivity contribution in [3.63, 3.8) is 0 Å². The van der Waals surface area contributed by atoms with Gasteiger partial charge in [-0.2, -0.15) is 0 Å². The van der Waals surface area contributed by atoms with Crippen LogP contribution >= 0.6 is 23.2 Å². The molecule has 6 heteroatoms. The van der Waals surface area contributed by atoms with Crippen molar-refractivity contribution in [2.75, 3.05) is 0 Å². The van der Waals surface area contributed by atoms with Crippen LogP contribution in [0.3, 0.4) is 0 Å². The quantitative estimate of drug-likeness (QED) is 0.669. The lowest BCUT2D eigenvalue weighted by Gasteiger charge is -2.14. The van der Waals surface area contributed by atoms with Gasteiger partial charge in [0.25, 0.3) is 0 Å². The third kappa shape index (κ3) is 2.83. The zero-order valence-electron chi connectivity index (χ0n) is 9.00. The van der Waals surface area contributed by atoms with Crippen LogP contribution in [0.15, 0.2) is 0 Å². The second-order valence-electron chi connectivity index (χ2n) is 3.46.